The summed E-state index contributed by atoms with van der Waals surface area (Å²) in [5.74, 6) is -0.478. The molecule has 2 rings (SSSR count). The zero-order valence-electron chi connectivity index (χ0n) is 10.2. The second-order valence-corrected chi connectivity index (χ2v) is 5.95. The fourth-order valence-electron chi connectivity index (χ4n) is 1.61. The number of sulfone groups is 1. The fraction of sp³-hybridized carbons (Fsp3) is 0.0769. The third-order valence-corrected chi connectivity index (χ3v) is 3.61. The van der Waals surface area contributed by atoms with Gasteiger partial charge in [-0.1, -0.05) is 12.1 Å². The number of hydrogen-bond donors (Lipinski definition) is 1. The third-order valence-electron chi connectivity index (χ3n) is 2.45. The first-order chi connectivity index (χ1) is 8.98. The van der Waals surface area contributed by atoms with Gasteiger partial charge in [-0.15, -0.1) is 0 Å². The van der Waals surface area contributed by atoms with Crippen LogP contribution in [0.2, 0.25) is 0 Å². The molecule has 1 amide bonds. The summed E-state index contributed by atoms with van der Waals surface area (Å²) in [4.78, 5) is 16.0. The largest absolute Gasteiger partial charge is 0.321 e. The number of amides is 1. The van der Waals surface area contributed by atoms with Crippen LogP contribution >= 0.6 is 0 Å². The number of nitrogens with one attached hydrogen (secondary N) is 1. The van der Waals surface area contributed by atoms with Crippen LogP contribution in [0.4, 0.5) is 5.69 Å². The van der Waals surface area contributed by atoms with Gasteiger partial charge in [0.2, 0.25) is 0 Å². The summed E-state index contributed by atoms with van der Waals surface area (Å²) < 4.78 is 23.2. The lowest BCUT2D eigenvalue weighted by Gasteiger charge is -2.08. The molecule has 0 bridgehead atoms. The van der Waals surface area contributed by atoms with Crippen molar-refractivity contribution in [2.24, 2.45) is 0 Å². The van der Waals surface area contributed by atoms with E-state index in [9.17, 15) is 13.2 Å². The number of hydrogen-bond acceptors (Lipinski definition) is 4. The van der Waals surface area contributed by atoms with E-state index >= 15 is 0 Å². The first-order valence-electron chi connectivity index (χ1n) is 5.49. The van der Waals surface area contributed by atoms with Crippen molar-refractivity contribution in [2.45, 2.75) is 4.90 Å². The SMILES string of the molecule is CS(=O)(=O)c1ccccc1C(=O)Nc1cccnc1. The van der Waals surface area contributed by atoms with Gasteiger partial charge in [0.1, 0.15) is 0 Å². The molecule has 0 aliphatic carbocycles. The van der Waals surface area contributed by atoms with Crippen LogP contribution in [-0.2, 0) is 9.84 Å². The molecule has 2 aromatic rings. The Kier molecular flexibility index (Phi) is 3.62. The van der Waals surface area contributed by atoms with Crippen LogP contribution in [0.5, 0.6) is 0 Å². The van der Waals surface area contributed by atoms with Gasteiger partial charge in [0.15, 0.2) is 9.84 Å². The molecule has 0 aliphatic heterocycles. The lowest BCUT2D eigenvalue weighted by Crippen LogP contribution is -2.16. The van der Waals surface area contributed by atoms with Crippen LogP contribution < -0.4 is 5.32 Å². The minimum absolute atomic E-state index is 0.0105. The van der Waals surface area contributed by atoms with Crippen molar-refractivity contribution in [2.75, 3.05) is 11.6 Å². The highest BCUT2D eigenvalue weighted by Gasteiger charge is 2.17. The predicted octanol–water partition coefficient (Wildman–Crippen LogP) is 1.74. The highest BCUT2D eigenvalue weighted by molar-refractivity contribution is 7.90. The number of carbonyl (C=O) groups excluding carboxylic acids is 1. The minimum Gasteiger partial charge on any atom is -0.321 e. The molecule has 19 heavy (non-hydrogen) atoms. The topological polar surface area (TPSA) is 76.1 Å². The van der Waals surface area contributed by atoms with Crippen LogP contribution in [0, 0.1) is 0 Å². The molecular formula is C13H12N2O3S. The number of anilines is 1. The maximum atomic E-state index is 12.1. The van der Waals surface area contributed by atoms with Crippen molar-refractivity contribution in [3.05, 3.63) is 54.4 Å². The van der Waals surface area contributed by atoms with E-state index in [0.29, 0.717) is 5.69 Å². The molecular weight excluding hydrogens is 264 g/mol. The number of nitrogens with zero attached hydrogens (tertiary/aromatic N) is 1. The molecule has 0 aliphatic rings. The van der Waals surface area contributed by atoms with Gasteiger partial charge < -0.3 is 5.32 Å². The molecule has 98 valence electrons. The lowest BCUT2D eigenvalue weighted by molar-refractivity contribution is 0.102. The van der Waals surface area contributed by atoms with Crippen LogP contribution in [-0.4, -0.2) is 25.6 Å². The highest BCUT2D eigenvalue weighted by atomic mass is 32.2. The van der Waals surface area contributed by atoms with Crippen LogP contribution in [0.1, 0.15) is 10.4 Å². The van der Waals surface area contributed by atoms with Crippen molar-refractivity contribution in [3.8, 4) is 0 Å². The Balaban J connectivity index is 2.35. The van der Waals surface area contributed by atoms with Gasteiger partial charge in [-0.3, -0.25) is 9.78 Å². The second-order valence-electron chi connectivity index (χ2n) is 3.96. The Morgan fingerprint density at radius 2 is 1.89 bits per heavy atom. The first kappa shape index (κ1) is 13.2. The standard InChI is InChI=1S/C13H12N2O3S/c1-19(17,18)12-7-3-2-6-11(12)13(16)15-10-5-4-8-14-9-10/h2-9H,1H3,(H,15,16). The maximum Gasteiger partial charge on any atom is 0.257 e. The predicted molar refractivity (Wildman–Crippen MR) is 71.7 cm³/mol. The van der Waals surface area contributed by atoms with Crippen LogP contribution in [0.3, 0.4) is 0 Å². The fourth-order valence-corrected chi connectivity index (χ4v) is 2.50. The van der Waals surface area contributed by atoms with Crippen molar-refractivity contribution in [3.63, 3.8) is 0 Å². The van der Waals surface area contributed by atoms with Gasteiger partial charge in [0.25, 0.3) is 5.91 Å². The summed E-state index contributed by atoms with van der Waals surface area (Å²) in [6.45, 7) is 0. The number of aromatic nitrogens is 1. The summed E-state index contributed by atoms with van der Waals surface area (Å²) in [5, 5.41) is 2.60. The third kappa shape index (κ3) is 3.17. The van der Waals surface area contributed by atoms with E-state index in [0.717, 1.165) is 6.26 Å². The molecule has 0 radical (unpaired) electrons. The van der Waals surface area contributed by atoms with Crippen molar-refractivity contribution >= 4 is 21.4 Å². The van der Waals surface area contributed by atoms with E-state index in [1.165, 1.54) is 18.3 Å². The van der Waals surface area contributed by atoms with Crippen LogP contribution in [0.25, 0.3) is 0 Å². The zero-order chi connectivity index (χ0) is 13.9. The molecule has 6 heteroatoms. The van der Waals surface area contributed by atoms with Gasteiger partial charge in [-0.2, -0.15) is 0 Å². The van der Waals surface area contributed by atoms with Gasteiger partial charge in [0.05, 0.1) is 22.3 Å². The van der Waals surface area contributed by atoms with Gasteiger partial charge >= 0.3 is 0 Å². The average Bonchev–Trinajstić information content (AvgIpc) is 2.39. The van der Waals surface area contributed by atoms with E-state index in [1.54, 1.807) is 30.5 Å². The first-order valence-corrected chi connectivity index (χ1v) is 7.38. The molecule has 5 nitrogen and oxygen atoms in total. The van der Waals surface area contributed by atoms with Gasteiger partial charge in [-0.25, -0.2) is 8.42 Å². The Bertz CT molecular complexity index is 697. The molecule has 0 unspecified atom stereocenters. The quantitative estimate of drug-likeness (QED) is 0.926. The van der Waals surface area contributed by atoms with Crippen molar-refractivity contribution < 1.29 is 13.2 Å². The molecule has 0 spiro atoms. The Morgan fingerprint density at radius 1 is 1.16 bits per heavy atom. The van der Waals surface area contributed by atoms with E-state index in [4.69, 9.17) is 0 Å². The monoisotopic (exact) mass is 276 g/mol. The van der Waals surface area contributed by atoms with Gasteiger partial charge in [0, 0.05) is 12.5 Å². The molecule has 0 saturated carbocycles. The number of benzene rings is 1. The average molecular weight is 276 g/mol. The van der Waals surface area contributed by atoms with E-state index in [1.807, 2.05) is 0 Å². The normalized spacial score (nSPS) is 11.0. The van der Waals surface area contributed by atoms with Gasteiger partial charge in [-0.05, 0) is 24.3 Å². The maximum absolute atomic E-state index is 12.1. The molecule has 1 N–H and O–H groups in total. The van der Waals surface area contributed by atoms with E-state index in [-0.39, 0.29) is 10.5 Å². The molecule has 0 saturated heterocycles. The molecule has 0 atom stereocenters. The Morgan fingerprint density at radius 3 is 2.53 bits per heavy atom. The molecule has 1 heterocycles. The number of rotatable bonds is 3. The summed E-state index contributed by atoms with van der Waals surface area (Å²) in [6, 6.07) is 9.44. The summed E-state index contributed by atoms with van der Waals surface area (Å²) in [5.41, 5.74) is 0.629. The highest BCUT2D eigenvalue weighted by Crippen LogP contribution is 2.16. The minimum atomic E-state index is -3.45. The summed E-state index contributed by atoms with van der Waals surface area (Å²) in [7, 11) is -3.45. The Hall–Kier alpha value is -2.21. The lowest BCUT2D eigenvalue weighted by atomic mass is 10.2. The summed E-state index contributed by atoms with van der Waals surface area (Å²) >= 11 is 0. The second kappa shape index (κ2) is 5.19. The molecule has 1 aromatic carbocycles. The molecule has 0 fully saturated rings. The summed E-state index contributed by atoms with van der Waals surface area (Å²) in [6.07, 6.45) is 4.14. The zero-order valence-corrected chi connectivity index (χ0v) is 11.0. The van der Waals surface area contributed by atoms with Crippen LogP contribution in [0.15, 0.2) is 53.7 Å². The number of pyridine rings is 1. The van der Waals surface area contributed by atoms with E-state index < -0.39 is 15.7 Å². The molecule has 1 aromatic heterocycles. The van der Waals surface area contributed by atoms with Crippen molar-refractivity contribution in [1.29, 1.82) is 0 Å². The number of carbonyl (C=O) groups is 1. The van der Waals surface area contributed by atoms with E-state index in [2.05, 4.69) is 10.3 Å². The van der Waals surface area contributed by atoms with Crippen molar-refractivity contribution in [1.82, 2.24) is 4.98 Å². The Labute approximate surface area is 111 Å². The smallest absolute Gasteiger partial charge is 0.257 e.